The Morgan fingerprint density at radius 2 is 1.86 bits per heavy atom. The number of rotatable bonds is 2. The fourth-order valence-corrected chi connectivity index (χ4v) is 3.04. The maximum Gasteiger partial charge on any atom is 0.262 e. The lowest BCUT2D eigenvalue weighted by Gasteiger charge is -2.05. The van der Waals surface area contributed by atoms with Crippen LogP contribution in [0, 0.1) is 0 Å². The summed E-state index contributed by atoms with van der Waals surface area (Å²) in [5, 5.41) is 12.9. The molecule has 0 fully saturated rings. The zero-order valence-electron chi connectivity index (χ0n) is 10.4. The lowest BCUT2D eigenvalue weighted by molar-refractivity contribution is 0.454. The number of aromatic amines is 1. The number of aromatic nitrogens is 2. The number of aromatic hydroxyl groups is 1. The molecule has 21 heavy (non-hydrogen) atoms. The molecule has 4 nitrogen and oxygen atoms in total. The van der Waals surface area contributed by atoms with Gasteiger partial charge in [-0.2, -0.15) is 4.98 Å². The largest absolute Gasteiger partial charge is 0.493 e. The minimum Gasteiger partial charge on any atom is -0.493 e. The van der Waals surface area contributed by atoms with Gasteiger partial charge in [-0.25, -0.2) is 0 Å². The second-order valence-corrected chi connectivity index (χ2v) is 6.03. The third kappa shape index (κ3) is 2.81. The first kappa shape index (κ1) is 14.1. The second-order valence-electron chi connectivity index (χ2n) is 4.25. The van der Waals surface area contributed by atoms with E-state index < -0.39 is 5.56 Å². The molecule has 106 valence electrons. The molecule has 2 heterocycles. The molecule has 0 aliphatic heterocycles. The van der Waals surface area contributed by atoms with Gasteiger partial charge >= 0.3 is 0 Å². The number of hydrogen-bond donors (Lipinski definition) is 2. The molecule has 0 radical (unpaired) electrons. The van der Waals surface area contributed by atoms with Crippen LogP contribution in [0.1, 0.15) is 0 Å². The van der Waals surface area contributed by atoms with Gasteiger partial charge in [-0.3, -0.25) is 4.79 Å². The Labute approximate surface area is 133 Å². The fourth-order valence-electron chi connectivity index (χ4n) is 1.89. The van der Waals surface area contributed by atoms with Gasteiger partial charge in [0.05, 0.1) is 9.90 Å². The number of benzene rings is 1. The number of hydrogen-bond acceptors (Lipinski definition) is 4. The van der Waals surface area contributed by atoms with Crippen molar-refractivity contribution in [2.45, 2.75) is 0 Å². The van der Waals surface area contributed by atoms with E-state index in [0.29, 0.717) is 20.5 Å². The van der Waals surface area contributed by atoms with Gasteiger partial charge in [0.25, 0.3) is 5.56 Å². The van der Waals surface area contributed by atoms with Crippen LogP contribution >= 0.6 is 34.5 Å². The summed E-state index contributed by atoms with van der Waals surface area (Å²) in [6, 6.07) is 8.25. The van der Waals surface area contributed by atoms with E-state index >= 15 is 0 Å². The highest BCUT2D eigenvalue weighted by molar-refractivity contribution is 7.14. The Balaban J connectivity index is 2.12. The van der Waals surface area contributed by atoms with Gasteiger partial charge in [0, 0.05) is 10.4 Å². The van der Waals surface area contributed by atoms with Crippen LogP contribution in [-0.2, 0) is 0 Å². The van der Waals surface area contributed by atoms with Crippen LogP contribution in [0.2, 0.25) is 10.0 Å². The molecule has 0 aliphatic carbocycles. The molecule has 3 aromatic rings. The van der Waals surface area contributed by atoms with Crippen molar-refractivity contribution in [1.82, 2.24) is 9.97 Å². The Morgan fingerprint density at radius 1 is 1.14 bits per heavy atom. The van der Waals surface area contributed by atoms with E-state index in [2.05, 4.69) is 9.97 Å². The fraction of sp³-hybridized carbons (Fsp3) is 0. The summed E-state index contributed by atoms with van der Waals surface area (Å²) in [4.78, 5) is 19.6. The Bertz CT molecular complexity index is 856. The summed E-state index contributed by atoms with van der Waals surface area (Å²) in [6.07, 6.45) is 0. The number of nitrogens with zero attached hydrogens (tertiary/aromatic N) is 1. The molecule has 3 rings (SSSR count). The van der Waals surface area contributed by atoms with Crippen molar-refractivity contribution in [1.29, 1.82) is 0 Å². The molecule has 0 saturated carbocycles. The van der Waals surface area contributed by atoms with Crippen molar-refractivity contribution in [3.05, 3.63) is 56.1 Å². The van der Waals surface area contributed by atoms with Crippen LogP contribution in [0.4, 0.5) is 0 Å². The summed E-state index contributed by atoms with van der Waals surface area (Å²) in [5.41, 5.74) is 0.226. The topological polar surface area (TPSA) is 66.0 Å². The molecule has 0 atom stereocenters. The predicted octanol–water partition coefficient (Wildman–Crippen LogP) is 4.18. The predicted molar refractivity (Wildman–Crippen MR) is 85.3 cm³/mol. The third-order valence-electron chi connectivity index (χ3n) is 2.83. The summed E-state index contributed by atoms with van der Waals surface area (Å²) < 4.78 is 0. The first-order valence-corrected chi connectivity index (χ1v) is 7.52. The highest BCUT2D eigenvalue weighted by Crippen LogP contribution is 2.30. The maximum absolute atomic E-state index is 12.2. The first-order chi connectivity index (χ1) is 10.0. The van der Waals surface area contributed by atoms with Crippen molar-refractivity contribution in [2.75, 3.05) is 0 Å². The van der Waals surface area contributed by atoms with Crippen molar-refractivity contribution < 1.29 is 5.11 Å². The number of nitrogens with one attached hydrogen (secondary N) is 1. The second kappa shape index (κ2) is 5.52. The molecule has 0 amide bonds. The van der Waals surface area contributed by atoms with E-state index in [-0.39, 0.29) is 17.3 Å². The van der Waals surface area contributed by atoms with Crippen LogP contribution in [0.3, 0.4) is 0 Å². The van der Waals surface area contributed by atoms with Gasteiger partial charge in [0.1, 0.15) is 5.56 Å². The van der Waals surface area contributed by atoms with E-state index in [9.17, 15) is 9.90 Å². The Kier molecular flexibility index (Phi) is 3.71. The Morgan fingerprint density at radius 3 is 2.43 bits per heavy atom. The minimum absolute atomic E-state index is 0.109. The summed E-state index contributed by atoms with van der Waals surface area (Å²) >= 11 is 13.0. The highest BCUT2D eigenvalue weighted by Gasteiger charge is 2.14. The van der Waals surface area contributed by atoms with Gasteiger partial charge < -0.3 is 10.1 Å². The van der Waals surface area contributed by atoms with Gasteiger partial charge in [-0.1, -0.05) is 35.3 Å². The standard InChI is InChI=1S/C14H8Cl2N2O2S/c15-8-3-1-7(2-4-8)11-13(19)17-12(18-14(11)20)10-5-9(16)6-21-10/h1-6H,(H2,17,18,19,20). The maximum atomic E-state index is 12.2. The van der Waals surface area contributed by atoms with E-state index in [0.717, 1.165) is 0 Å². The molecule has 2 aromatic heterocycles. The molecule has 0 saturated heterocycles. The lowest BCUT2D eigenvalue weighted by Crippen LogP contribution is -2.11. The van der Waals surface area contributed by atoms with E-state index in [1.807, 2.05) is 0 Å². The van der Waals surface area contributed by atoms with E-state index in [1.165, 1.54) is 11.3 Å². The lowest BCUT2D eigenvalue weighted by atomic mass is 10.1. The zero-order chi connectivity index (χ0) is 15.0. The average Bonchev–Trinajstić information content (AvgIpc) is 2.87. The van der Waals surface area contributed by atoms with Crippen molar-refractivity contribution in [3.8, 4) is 27.7 Å². The summed E-state index contributed by atoms with van der Waals surface area (Å²) in [6.45, 7) is 0. The molecule has 0 unspecified atom stereocenters. The van der Waals surface area contributed by atoms with Crippen LogP contribution in [0.15, 0.2) is 40.5 Å². The SMILES string of the molecule is O=c1[nH]c(-c2cc(Cl)cs2)nc(O)c1-c1ccc(Cl)cc1. The van der Waals surface area contributed by atoms with Crippen molar-refractivity contribution >= 4 is 34.5 Å². The van der Waals surface area contributed by atoms with E-state index in [1.54, 1.807) is 35.7 Å². The molecule has 0 bridgehead atoms. The van der Waals surface area contributed by atoms with Gasteiger partial charge in [0.2, 0.25) is 5.88 Å². The average molecular weight is 339 g/mol. The van der Waals surface area contributed by atoms with Crippen LogP contribution in [0.25, 0.3) is 21.8 Å². The monoisotopic (exact) mass is 338 g/mol. The summed E-state index contributed by atoms with van der Waals surface area (Å²) in [7, 11) is 0. The quantitative estimate of drug-likeness (QED) is 0.736. The van der Waals surface area contributed by atoms with Gasteiger partial charge in [-0.15, -0.1) is 11.3 Å². The van der Waals surface area contributed by atoms with E-state index in [4.69, 9.17) is 23.2 Å². The molecule has 1 aromatic carbocycles. The first-order valence-electron chi connectivity index (χ1n) is 5.88. The van der Waals surface area contributed by atoms with Crippen molar-refractivity contribution in [3.63, 3.8) is 0 Å². The van der Waals surface area contributed by atoms with Gasteiger partial charge in [-0.05, 0) is 23.8 Å². The van der Waals surface area contributed by atoms with Crippen LogP contribution in [0.5, 0.6) is 5.88 Å². The number of halogens is 2. The molecule has 0 spiro atoms. The smallest absolute Gasteiger partial charge is 0.262 e. The molecular formula is C14H8Cl2N2O2S. The number of H-pyrrole nitrogens is 1. The zero-order valence-corrected chi connectivity index (χ0v) is 12.8. The van der Waals surface area contributed by atoms with Crippen molar-refractivity contribution in [2.24, 2.45) is 0 Å². The third-order valence-corrected chi connectivity index (χ3v) is 4.37. The number of thiophene rings is 1. The van der Waals surface area contributed by atoms with Crippen LogP contribution < -0.4 is 5.56 Å². The summed E-state index contributed by atoms with van der Waals surface area (Å²) in [5.74, 6) is -0.0484. The Hall–Kier alpha value is -1.82. The normalized spacial score (nSPS) is 10.8. The minimum atomic E-state index is -0.427. The van der Waals surface area contributed by atoms with Gasteiger partial charge in [0.15, 0.2) is 5.82 Å². The molecular weight excluding hydrogens is 331 g/mol. The molecule has 2 N–H and O–H groups in total. The molecule has 0 aliphatic rings. The molecule has 7 heteroatoms. The van der Waals surface area contributed by atoms with Crippen LogP contribution in [-0.4, -0.2) is 15.1 Å². The highest BCUT2D eigenvalue weighted by atomic mass is 35.5.